The van der Waals surface area contributed by atoms with Crippen LogP contribution in [0, 0.1) is 5.92 Å². The fourth-order valence-corrected chi connectivity index (χ4v) is 5.57. The Balaban J connectivity index is 1.38. The zero-order chi connectivity index (χ0) is 25.8. The van der Waals surface area contributed by atoms with Crippen molar-refractivity contribution < 1.29 is 19.2 Å². The molecule has 1 atom stereocenters. The Hall–Kier alpha value is -2.48. The van der Waals surface area contributed by atoms with Crippen molar-refractivity contribution in [3.8, 4) is 16.9 Å². The largest absolute Gasteiger partial charge is 0.491 e. The molecule has 7 nitrogen and oxygen atoms in total. The highest BCUT2D eigenvalue weighted by Gasteiger charge is 2.38. The van der Waals surface area contributed by atoms with Gasteiger partial charge in [0.25, 0.3) is 0 Å². The number of hydrogen-bond donors (Lipinski definition) is 1. The van der Waals surface area contributed by atoms with E-state index in [4.69, 9.17) is 32.8 Å². The van der Waals surface area contributed by atoms with Gasteiger partial charge in [-0.25, -0.2) is 4.79 Å². The predicted octanol–water partition coefficient (Wildman–Crippen LogP) is 5.57. The van der Waals surface area contributed by atoms with Crippen molar-refractivity contribution >= 4 is 35.2 Å². The van der Waals surface area contributed by atoms with Crippen LogP contribution < -0.4 is 10.1 Å². The van der Waals surface area contributed by atoms with Crippen LogP contribution >= 0.6 is 23.2 Å². The van der Waals surface area contributed by atoms with Crippen LogP contribution in [0.4, 0.5) is 4.79 Å². The topological polar surface area (TPSA) is 71.1 Å². The summed E-state index contributed by atoms with van der Waals surface area (Å²) in [7, 11) is 1.53. The lowest BCUT2D eigenvalue weighted by atomic mass is 9.95. The summed E-state index contributed by atoms with van der Waals surface area (Å²) >= 11 is 13.4. The molecular weight excluding hydrogens is 501 g/mol. The van der Waals surface area contributed by atoms with Gasteiger partial charge >= 0.3 is 6.09 Å². The molecule has 2 aliphatic heterocycles. The van der Waals surface area contributed by atoms with Gasteiger partial charge in [0.2, 0.25) is 5.91 Å². The van der Waals surface area contributed by atoms with E-state index in [2.05, 4.69) is 5.32 Å². The number of halogens is 2. The molecule has 2 aliphatic rings. The second-order valence-electron chi connectivity index (χ2n) is 9.62. The SMILES string of the molecule is CNC(=O)ON1CCC(N2CCC(Cc3c(Cl)cc(-c4ccc(OC(C)C)cc4)cc3Cl)C2=O)CC1. The molecule has 0 bridgehead atoms. The third-order valence-corrected chi connectivity index (χ3v) is 7.46. The maximum atomic E-state index is 13.3. The van der Waals surface area contributed by atoms with Crippen molar-refractivity contribution in [1.82, 2.24) is 15.3 Å². The molecule has 2 aromatic rings. The van der Waals surface area contributed by atoms with Gasteiger partial charge in [-0.3, -0.25) is 4.79 Å². The second-order valence-corrected chi connectivity index (χ2v) is 10.4. The van der Waals surface area contributed by atoms with E-state index in [9.17, 15) is 9.59 Å². The summed E-state index contributed by atoms with van der Waals surface area (Å²) in [4.78, 5) is 31.9. The van der Waals surface area contributed by atoms with E-state index >= 15 is 0 Å². The van der Waals surface area contributed by atoms with Crippen molar-refractivity contribution in [3.63, 3.8) is 0 Å². The highest BCUT2D eigenvalue weighted by atomic mass is 35.5. The number of ether oxygens (including phenoxy) is 1. The van der Waals surface area contributed by atoms with Crippen LogP contribution in [0.2, 0.25) is 10.0 Å². The fraction of sp³-hybridized carbons (Fsp3) is 0.481. The number of likely N-dealkylation sites (tertiary alicyclic amines) is 1. The van der Waals surface area contributed by atoms with Crippen LogP contribution in [0.25, 0.3) is 11.1 Å². The minimum atomic E-state index is -0.470. The Morgan fingerprint density at radius 3 is 2.25 bits per heavy atom. The van der Waals surface area contributed by atoms with Crippen LogP contribution in [-0.2, 0) is 16.1 Å². The van der Waals surface area contributed by atoms with Crippen LogP contribution in [-0.4, -0.2) is 60.8 Å². The van der Waals surface area contributed by atoms with Gasteiger partial charge in [0.1, 0.15) is 5.75 Å². The summed E-state index contributed by atoms with van der Waals surface area (Å²) in [6, 6.07) is 11.8. The lowest BCUT2D eigenvalue weighted by Crippen LogP contribution is -2.47. The zero-order valence-electron chi connectivity index (χ0n) is 20.9. The molecule has 1 unspecified atom stereocenters. The van der Waals surface area contributed by atoms with Gasteiger partial charge in [-0.15, -0.1) is 5.06 Å². The molecule has 0 aromatic heterocycles. The number of carbonyl (C=O) groups excluding carboxylic acids is 2. The zero-order valence-corrected chi connectivity index (χ0v) is 22.4. The van der Waals surface area contributed by atoms with E-state index in [0.29, 0.717) is 29.6 Å². The van der Waals surface area contributed by atoms with Crippen LogP contribution in [0.5, 0.6) is 5.75 Å². The van der Waals surface area contributed by atoms with E-state index in [0.717, 1.165) is 48.2 Å². The normalized spacial score (nSPS) is 19.1. The number of benzene rings is 2. The van der Waals surface area contributed by atoms with E-state index in [1.807, 2.05) is 55.1 Å². The van der Waals surface area contributed by atoms with Crippen molar-refractivity contribution in [2.75, 3.05) is 26.7 Å². The smallest absolute Gasteiger partial charge is 0.426 e. The second kappa shape index (κ2) is 11.7. The predicted molar refractivity (Wildman–Crippen MR) is 141 cm³/mol. The Morgan fingerprint density at radius 2 is 1.67 bits per heavy atom. The Bertz CT molecular complexity index is 1060. The van der Waals surface area contributed by atoms with E-state index < -0.39 is 6.09 Å². The third kappa shape index (κ3) is 6.25. The first-order valence-electron chi connectivity index (χ1n) is 12.4. The minimum Gasteiger partial charge on any atom is -0.491 e. The van der Waals surface area contributed by atoms with Gasteiger partial charge < -0.3 is 19.8 Å². The third-order valence-electron chi connectivity index (χ3n) is 6.78. The number of carbonyl (C=O) groups is 2. The van der Waals surface area contributed by atoms with Gasteiger partial charge in [0, 0.05) is 48.7 Å². The molecular formula is C27H33Cl2N3O4. The summed E-state index contributed by atoms with van der Waals surface area (Å²) in [6.45, 7) is 5.93. The van der Waals surface area contributed by atoms with Gasteiger partial charge in [-0.05, 0) is 80.5 Å². The summed E-state index contributed by atoms with van der Waals surface area (Å²) in [5, 5.41) is 5.25. The molecule has 1 N–H and O–H groups in total. The molecule has 4 rings (SSSR count). The molecule has 2 amide bonds. The molecule has 2 aromatic carbocycles. The lowest BCUT2D eigenvalue weighted by Gasteiger charge is -2.35. The number of piperidine rings is 1. The molecule has 194 valence electrons. The number of nitrogens with zero attached hydrogens (tertiary/aromatic N) is 2. The fourth-order valence-electron chi connectivity index (χ4n) is 4.93. The Kier molecular flexibility index (Phi) is 8.65. The monoisotopic (exact) mass is 533 g/mol. The summed E-state index contributed by atoms with van der Waals surface area (Å²) in [5.74, 6) is 0.826. The lowest BCUT2D eigenvalue weighted by molar-refractivity contribution is -0.140. The first-order valence-corrected chi connectivity index (χ1v) is 13.2. The first-order chi connectivity index (χ1) is 17.2. The summed E-state index contributed by atoms with van der Waals surface area (Å²) in [5.41, 5.74) is 2.74. The minimum absolute atomic E-state index is 0.115. The van der Waals surface area contributed by atoms with Gasteiger partial charge in [-0.2, -0.15) is 0 Å². The number of hydroxylamine groups is 2. The molecule has 36 heavy (non-hydrogen) atoms. The number of amides is 2. The van der Waals surface area contributed by atoms with Crippen molar-refractivity contribution in [3.05, 3.63) is 52.0 Å². The van der Waals surface area contributed by atoms with Gasteiger partial charge in [-0.1, -0.05) is 35.3 Å². The molecule has 0 saturated carbocycles. The van der Waals surface area contributed by atoms with Crippen molar-refractivity contribution in [2.24, 2.45) is 5.92 Å². The summed E-state index contributed by atoms with van der Waals surface area (Å²) < 4.78 is 5.72. The maximum absolute atomic E-state index is 13.3. The van der Waals surface area contributed by atoms with Crippen LogP contribution in [0.15, 0.2) is 36.4 Å². The number of rotatable bonds is 7. The average molecular weight is 534 g/mol. The highest BCUT2D eigenvalue weighted by molar-refractivity contribution is 6.36. The van der Waals surface area contributed by atoms with E-state index in [1.165, 1.54) is 7.05 Å². The standard InChI is InChI=1S/C27H33Cl2N3O4/c1-17(2)35-22-6-4-18(5-7-22)20-15-24(28)23(25(29)16-20)14-19-8-13-32(26(19)33)21-9-11-31(12-10-21)36-27(34)30-3/h4-7,15-17,19,21H,8-14H2,1-3H3,(H,30,34). The Labute approximate surface area is 222 Å². The average Bonchev–Trinajstić information content (AvgIpc) is 3.21. The van der Waals surface area contributed by atoms with E-state index in [1.54, 1.807) is 5.06 Å². The Morgan fingerprint density at radius 1 is 1.03 bits per heavy atom. The molecule has 0 aliphatic carbocycles. The van der Waals surface area contributed by atoms with Crippen LogP contribution in [0.1, 0.15) is 38.7 Å². The summed E-state index contributed by atoms with van der Waals surface area (Å²) in [6.07, 6.45) is 2.48. The number of hydrogen-bond acceptors (Lipinski definition) is 5. The molecule has 0 radical (unpaired) electrons. The van der Waals surface area contributed by atoms with Gasteiger partial charge in [0.15, 0.2) is 0 Å². The molecule has 0 spiro atoms. The van der Waals surface area contributed by atoms with Crippen LogP contribution in [0.3, 0.4) is 0 Å². The maximum Gasteiger partial charge on any atom is 0.426 e. The molecule has 9 heteroatoms. The van der Waals surface area contributed by atoms with Crippen molar-refractivity contribution in [2.45, 2.75) is 51.7 Å². The van der Waals surface area contributed by atoms with Crippen molar-refractivity contribution in [1.29, 1.82) is 0 Å². The molecule has 2 saturated heterocycles. The van der Waals surface area contributed by atoms with Gasteiger partial charge in [0.05, 0.1) is 6.10 Å². The number of nitrogens with one attached hydrogen (secondary N) is 1. The first kappa shape index (κ1) is 26.6. The quantitative estimate of drug-likeness (QED) is 0.503. The molecule has 2 heterocycles. The van der Waals surface area contributed by atoms with E-state index in [-0.39, 0.29) is 24.0 Å². The highest BCUT2D eigenvalue weighted by Crippen LogP contribution is 2.36. The molecule has 2 fully saturated rings.